The summed E-state index contributed by atoms with van der Waals surface area (Å²) in [5.41, 5.74) is 2.69. The number of rotatable bonds is 11. The first-order valence-electron chi connectivity index (χ1n) is 12.4. The molecule has 2 N–H and O–H groups in total. The molecule has 0 amide bonds. The highest BCUT2D eigenvalue weighted by Crippen LogP contribution is 2.27. The first kappa shape index (κ1) is 21.8. The van der Waals surface area contributed by atoms with Crippen LogP contribution in [0.25, 0.3) is 11.4 Å². The van der Waals surface area contributed by atoms with E-state index in [1.165, 1.54) is 32.2 Å². The molecule has 3 aromatic rings. The lowest BCUT2D eigenvalue weighted by molar-refractivity contribution is 0.210. The zero-order valence-electron chi connectivity index (χ0n) is 19.2. The highest BCUT2D eigenvalue weighted by molar-refractivity contribution is 5.49. The van der Waals surface area contributed by atoms with Crippen LogP contribution in [-0.2, 0) is 0 Å². The highest BCUT2D eigenvalue weighted by atomic mass is 16.5. The third-order valence-corrected chi connectivity index (χ3v) is 6.63. The van der Waals surface area contributed by atoms with E-state index in [4.69, 9.17) is 4.74 Å². The quantitative estimate of drug-likeness (QED) is 0.417. The van der Waals surface area contributed by atoms with E-state index in [1.807, 2.05) is 60.9 Å². The van der Waals surface area contributed by atoms with Crippen molar-refractivity contribution in [3.8, 4) is 17.1 Å². The van der Waals surface area contributed by atoms with E-state index in [1.54, 1.807) is 9.13 Å². The number of aromatic nitrogens is 2. The van der Waals surface area contributed by atoms with Gasteiger partial charge in [0.05, 0.1) is 17.5 Å². The van der Waals surface area contributed by atoms with Gasteiger partial charge < -0.3 is 15.4 Å². The number of hydrogen-bond acceptors (Lipinski definition) is 4. The average Bonchev–Trinajstić information content (AvgIpc) is 3.38. The van der Waals surface area contributed by atoms with Crippen molar-refractivity contribution in [2.75, 3.05) is 25.0 Å². The van der Waals surface area contributed by atoms with Crippen molar-refractivity contribution in [1.82, 2.24) is 14.5 Å². The molecule has 0 radical (unpaired) electrons. The largest absolute Gasteiger partial charge is 0.490 e. The zero-order valence-corrected chi connectivity index (χ0v) is 19.2. The Labute approximate surface area is 195 Å². The molecule has 0 spiro atoms. The molecule has 0 unspecified atom stereocenters. The van der Waals surface area contributed by atoms with Crippen LogP contribution in [0.4, 0.5) is 5.69 Å². The SMILES string of the molecule is O=c1n(-c2ccc(NCCCNCC3CC3)cc2)ccn1-c1ccc(OC2CCCC2)cc1. The van der Waals surface area contributed by atoms with Gasteiger partial charge in [-0.3, -0.25) is 9.13 Å². The molecule has 2 fully saturated rings. The molecule has 2 saturated carbocycles. The molecule has 174 valence electrons. The van der Waals surface area contributed by atoms with Crippen molar-refractivity contribution in [1.29, 1.82) is 0 Å². The minimum atomic E-state index is -0.0816. The van der Waals surface area contributed by atoms with Crippen LogP contribution in [-0.4, -0.2) is 34.9 Å². The van der Waals surface area contributed by atoms with E-state index in [0.717, 1.165) is 61.1 Å². The summed E-state index contributed by atoms with van der Waals surface area (Å²) >= 11 is 0. The van der Waals surface area contributed by atoms with Gasteiger partial charge in [0.15, 0.2) is 0 Å². The van der Waals surface area contributed by atoms with Crippen LogP contribution in [0, 0.1) is 5.92 Å². The van der Waals surface area contributed by atoms with Gasteiger partial charge in [0.2, 0.25) is 0 Å². The first-order chi connectivity index (χ1) is 16.3. The van der Waals surface area contributed by atoms with E-state index in [-0.39, 0.29) is 5.69 Å². The number of ether oxygens (including phenoxy) is 1. The van der Waals surface area contributed by atoms with Crippen LogP contribution in [0.15, 0.2) is 65.7 Å². The Bertz CT molecular complexity index is 1070. The zero-order chi connectivity index (χ0) is 22.5. The third-order valence-electron chi connectivity index (χ3n) is 6.63. The van der Waals surface area contributed by atoms with Gasteiger partial charge in [0, 0.05) is 24.6 Å². The monoisotopic (exact) mass is 446 g/mol. The molecule has 6 nitrogen and oxygen atoms in total. The van der Waals surface area contributed by atoms with E-state index >= 15 is 0 Å². The van der Waals surface area contributed by atoms with Gasteiger partial charge in [0.1, 0.15) is 5.75 Å². The van der Waals surface area contributed by atoms with Crippen molar-refractivity contribution >= 4 is 5.69 Å². The van der Waals surface area contributed by atoms with Crippen LogP contribution in [0.5, 0.6) is 5.75 Å². The van der Waals surface area contributed by atoms with Gasteiger partial charge in [-0.2, -0.15) is 0 Å². The fraction of sp³-hybridized carbons (Fsp3) is 0.444. The summed E-state index contributed by atoms with van der Waals surface area (Å²) in [6.45, 7) is 3.16. The summed E-state index contributed by atoms with van der Waals surface area (Å²) in [7, 11) is 0. The molecule has 33 heavy (non-hydrogen) atoms. The molecule has 0 saturated heterocycles. The number of nitrogens with one attached hydrogen (secondary N) is 2. The van der Waals surface area contributed by atoms with Gasteiger partial charge in [0.25, 0.3) is 0 Å². The lowest BCUT2D eigenvalue weighted by atomic mass is 10.2. The van der Waals surface area contributed by atoms with Crippen LogP contribution < -0.4 is 21.1 Å². The number of hydrogen-bond donors (Lipinski definition) is 2. The molecule has 5 rings (SSSR count). The van der Waals surface area contributed by atoms with E-state index < -0.39 is 0 Å². The van der Waals surface area contributed by atoms with Crippen molar-refractivity contribution in [3.05, 3.63) is 71.4 Å². The van der Waals surface area contributed by atoms with Crippen LogP contribution in [0.1, 0.15) is 44.9 Å². The maximum absolute atomic E-state index is 13.0. The third kappa shape index (κ3) is 5.69. The second-order valence-electron chi connectivity index (χ2n) is 9.31. The maximum atomic E-state index is 13.0. The van der Waals surface area contributed by atoms with E-state index in [0.29, 0.717) is 6.10 Å². The summed E-state index contributed by atoms with van der Waals surface area (Å²) in [6.07, 6.45) is 12.6. The van der Waals surface area contributed by atoms with Gasteiger partial charge >= 0.3 is 5.69 Å². The summed E-state index contributed by atoms with van der Waals surface area (Å²) in [4.78, 5) is 13.0. The van der Waals surface area contributed by atoms with Crippen LogP contribution >= 0.6 is 0 Å². The Morgan fingerprint density at radius 1 is 0.818 bits per heavy atom. The topological polar surface area (TPSA) is 60.2 Å². The summed E-state index contributed by atoms with van der Waals surface area (Å²) in [6, 6.07) is 15.8. The number of nitrogens with zero attached hydrogens (tertiary/aromatic N) is 2. The Balaban J connectivity index is 1.16. The van der Waals surface area contributed by atoms with Crippen molar-refractivity contribution in [3.63, 3.8) is 0 Å². The molecule has 6 heteroatoms. The number of anilines is 1. The lowest BCUT2D eigenvalue weighted by Crippen LogP contribution is -2.21. The van der Waals surface area contributed by atoms with Crippen molar-refractivity contribution in [2.45, 2.75) is 51.0 Å². The number of imidazole rings is 1. The molecule has 0 atom stereocenters. The summed E-state index contributed by atoms with van der Waals surface area (Å²) in [5.74, 6) is 1.80. The Morgan fingerprint density at radius 3 is 2.09 bits per heavy atom. The Morgan fingerprint density at radius 2 is 1.45 bits per heavy atom. The van der Waals surface area contributed by atoms with Crippen LogP contribution in [0.3, 0.4) is 0 Å². The molecule has 1 heterocycles. The minimum absolute atomic E-state index is 0.0816. The molecule has 1 aromatic heterocycles. The fourth-order valence-corrected chi connectivity index (χ4v) is 4.47. The van der Waals surface area contributed by atoms with Gasteiger partial charge in [-0.15, -0.1) is 0 Å². The average molecular weight is 447 g/mol. The second kappa shape index (κ2) is 10.3. The van der Waals surface area contributed by atoms with Gasteiger partial charge in [-0.1, -0.05) is 0 Å². The number of benzene rings is 2. The van der Waals surface area contributed by atoms with E-state index in [9.17, 15) is 4.79 Å². The Kier molecular flexibility index (Phi) is 6.81. The molecule has 2 aliphatic rings. The first-order valence-corrected chi connectivity index (χ1v) is 12.4. The van der Waals surface area contributed by atoms with Gasteiger partial charge in [-0.05, 0) is 112 Å². The highest BCUT2D eigenvalue weighted by Gasteiger charge is 2.20. The molecule has 2 aliphatic carbocycles. The summed E-state index contributed by atoms with van der Waals surface area (Å²) < 4.78 is 9.38. The van der Waals surface area contributed by atoms with Crippen molar-refractivity contribution < 1.29 is 4.74 Å². The fourth-order valence-electron chi connectivity index (χ4n) is 4.47. The smallest absolute Gasteiger partial charge is 0.337 e. The van der Waals surface area contributed by atoms with Crippen LogP contribution in [0.2, 0.25) is 0 Å². The van der Waals surface area contributed by atoms with Crippen molar-refractivity contribution in [2.24, 2.45) is 5.92 Å². The normalized spacial score (nSPS) is 16.2. The molecular weight excluding hydrogens is 412 g/mol. The Hall–Kier alpha value is -2.99. The molecule has 2 aromatic carbocycles. The molecule has 0 aliphatic heterocycles. The van der Waals surface area contributed by atoms with Gasteiger partial charge in [-0.25, -0.2) is 4.79 Å². The standard InChI is InChI=1S/C27H34N4O2/c32-27-30(23-10-8-22(9-11-23)29-17-3-16-28-20-21-6-7-21)18-19-31(27)24-12-14-26(15-13-24)33-25-4-1-2-5-25/h8-15,18-19,21,25,28-29H,1-7,16-17,20H2. The second-order valence-corrected chi connectivity index (χ2v) is 9.31. The predicted octanol–water partition coefficient (Wildman–Crippen LogP) is 4.75. The summed E-state index contributed by atoms with van der Waals surface area (Å²) in [5, 5.41) is 6.98. The maximum Gasteiger partial charge on any atom is 0.337 e. The minimum Gasteiger partial charge on any atom is -0.490 e. The lowest BCUT2D eigenvalue weighted by Gasteiger charge is -2.13. The molecular formula is C27H34N4O2. The van der Waals surface area contributed by atoms with E-state index in [2.05, 4.69) is 10.6 Å². The predicted molar refractivity (Wildman–Crippen MR) is 133 cm³/mol. The molecule has 0 bridgehead atoms.